The van der Waals surface area contributed by atoms with Crippen LogP contribution in [0.25, 0.3) is 0 Å². The van der Waals surface area contributed by atoms with Crippen molar-refractivity contribution in [3.63, 3.8) is 0 Å². The first-order valence-corrected chi connectivity index (χ1v) is 11.9. The second-order valence-electron chi connectivity index (χ2n) is 10.7. The summed E-state index contributed by atoms with van der Waals surface area (Å²) in [4.78, 5) is 0. The van der Waals surface area contributed by atoms with E-state index >= 15 is 0 Å². The molecule has 3 nitrogen and oxygen atoms in total. The lowest BCUT2D eigenvalue weighted by Crippen LogP contribution is -2.35. The summed E-state index contributed by atoms with van der Waals surface area (Å²) >= 11 is 0. The molecule has 0 aromatic heterocycles. The summed E-state index contributed by atoms with van der Waals surface area (Å²) in [6.07, 6.45) is 14.2. The molecule has 3 aliphatic carbocycles. The molecule has 3 rings (SSSR count). The molecule has 0 aromatic carbocycles. The van der Waals surface area contributed by atoms with E-state index in [9.17, 15) is 15.3 Å². The fourth-order valence-electron chi connectivity index (χ4n) is 6.05. The van der Waals surface area contributed by atoms with E-state index in [2.05, 4.69) is 52.5 Å². The highest BCUT2D eigenvalue weighted by Gasteiger charge is 2.49. The smallest absolute Gasteiger partial charge is 0.0811 e. The summed E-state index contributed by atoms with van der Waals surface area (Å²) in [6, 6.07) is 0. The van der Waals surface area contributed by atoms with E-state index < -0.39 is 12.2 Å². The van der Waals surface area contributed by atoms with E-state index in [0.717, 1.165) is 29.9 Å². The van der Waals surface area contributed by atoms with Crippen molar-refractivity contribution < 1.29 is 15.3 Å². The zero-order chi connectivity index (χ0) is 22.1. The van der Waals surface area contributed by atoms with Crippen molar-refractivity contribution in [3.05, 3.63) is 47.6 Å². The van der Waals surface area contributed by atoms with Gasteiger partial charge in [-0.05, 0) is 78.8 Å². The van der Waals surface area contributed by atoms with Gasteiger partial charge in [0, 0.05) is 6.42 Å². The Bertz CT molecular complexity index is 716. The predicted octanol–water partition coefficient (Wildman–Crippen LogP) is 5.34. The van der Waals surface area contributed by atoms with Crippen LogP contribution in [0.2, 0.25) is 0 Å². The summed E-state index contributed by atoms with van der Waals surface area (Å²) in [5.41, 5.74) is 3.63. The first kappa shape index (κ1) is 23.5. The van der Waals surface area contributed by atoms with E-state index in [1.807, 2.05) is 6.08 Å². The van der Waals surface area contributed by atoms with Crippen molar-refractivity contribution in [2.24, 2.45) is 29.1 Å². The van der Waals surface area contributed by atoms with Gasteiger partial charge in [0.1, 0.15) is 0 Å². The number of allylic oxidation sites excluding steroid dienone is 4. The molecule has 3 heteroatoms. The Hall–Kier alpha value is -1.16. The SMILES string of the molecule is C=C1/C(=C/C=C2\CC[C@@]3(C)[C@@H](CC[C@@H]3[C@H](C)/C=C/[C@H](O)C(C)C)C2)C[C@@H](O)C[C@@H]1O. The molecule has 3 saturated carbocycles. The van der Waals surface area contributed by atoms with Crippen molar-refractivity contribution >= 4 is 0 Å². The normalized spacial score (nSPS) is 39.8. The van der Waals surface area contributed by atoms with Gasteiger partial charge in [-0.2, -0.15) is 0 Å². The van der Waals surface area contributed by atoms with Crippen LogP contribution in [0.3, 0.4) is 0 Å². The number of rotatable bonds is 5. The fraction of sp³-hybridized carbons (Fsp3) is 0.704. The Kier molecular flexibility index (Phi) is 7.48. The molecule has 7 atom stereocenters. The second-order valence-corrected chi connectivity index (χ2v) is 10.7. The maximum Gasteiger partial charge on any atom is 0.0811 e. The third-order valence-corrected chi connectivity index (χ3v) is 8.31. The third-order valence-electron chi connectivity index (χ3n) is 8.31. The Balaban J connectivity index is 1.66. The zero-order valence-electron chi connectivity index (χ0n) is 19.3. The lowest BCUT2D eigenvalue weighted by molar-refractivity contribution is 0.0862. The molecule has 0 radical (unpaired) electrons. The summed E-state index contributed by atoms with van der Waals surface area (Å²) in [6.45, 7) is 13.0. The van der Waals surface area contributed by atoms with Gasteiger partial charge < -0.3 is 15.3 Å². The number of fused-ring (bicyclic) bond motifs is 1. The average Bonchev–Trinajstić information content (AvgIpc) is 3.03. The molecule has 168 valence electrons. The van der Waals surface area contributed by atoms with Crippen LogP contribution in [0, 0.1) is 29.1 Å². The van der Waals surface area contributed by atoms with Gasteiger partial charge in [0.2, 0.25) is 0 Å². The van der Waals surface area contributed by atoms with E-state index in [-0.39, 0.29) is 12.0 Å². The van der Waals surface area contributed by atoms with Crippen molar-refractivity contribution in [2.75, 3.05) is 0 Å². The minimum atomic E-state index is -0.618. The third kappa shape index (κ3) is 5.00. The second kappa shape index (κ2) is 9.54. The van der Waals surface area contributed by atoms with Gasteiger partial charge in [-0.15, -0.1) is 0 Å². The van der Waals surface area contributed by atoms with Crippen LogP contribution >= 0.6 is 0 Å². The topological polar surface area (TPSA) is 60.7 Å². The molecule has 3 fully saturated rings. The molecule has 0 aliphatic heterocycles. The van der Waals surface area contributed by atoms with Crippen LogP contribution in [0.1, 0.15) is 72.6 Å². The maximum absolute atomic E-state index is 10.1. The Morgan fingerprint density at radius 1 is 1.07 bits per heavy atom. The largest absolute Gasteiger partial charge is 0.393 e. The molecule has 0 bridgehead atoms. The van der Waals surface area contributed by atoms with Crippen molar-refractivity contribution in [3.8, 4) is 0 Å². The van der Waals surface area contributed by atoms with Crippen LogP contribution < -0.4 is 0 Å². The summed E-state index contributed by atoms with van der Waals surface area (Å²) in [7, 11) is 0. The standard InChI is InChI=1S/C27H42O3/c1-17(2)25(29)11-6-18(3)24-10-9-22-14-20(12-13-27(22,24)5)7-8-21-15-23(28)16-26(30)19(21)4/h6-8,11,17-18,22-26,28-30H,4,9-10,12-16H2,1-3,5H3/b11-6+,20-7+,21-8+/t18-,22+,23-,24-,25+,26+,27+/m1/s1. The molecule has 30 heavy (non-hydrogen) atoms. The number of hydrogen-bond acceptors (Lipinski definition) is 3. The van der Waals surface area contributed by atoms with Crippen LogP contribution in [-0.4, -0.2) is 33.6 Å². The molecule has 0 aromatic rings. The molecule has 0 unspecified atom stereocenters. The molecular weight excluding hydrogens is 372 g/mol. The number of aliphatic hydroxyl groups excluding tert-OH is 3. The van der Waals surface area contributed by atoms with Gasteiger partial charge in [0.25, 0.3) is 0 Å². The predicted molar refractivity (Wildman–Crippen MR) is 124 cm³/mol. The Morgan fingerprint density at radius 3 is 2.50 bits per heavy atom. The summed E-state index contributed by atoms with van der Waals surface area (Å²) in [5.74, 6) is 2.16. The van der Waals surface area contributed by atoms with Gasteiger partial charge in [-0.25, -0.2) is 0 Å². The monoisotopic (exact) mass is 414 g/mol. The fourth-order valence-corrected chi connectivity index (χ4v) is 6.05. The van der Waals surface area contributed by atoms with Crippen molar-refractivity contribution in [1.29, 1.82) is 0 Å². The lowest BCUT2D eigenvalue weighted by atomic mass is 9.61. The van der Waals surface area contributed by atoms with E-state index in [0.29, 0.717) is 30.1 Å². The molecule has 3 aliphatic rings. The molecule has 0 saturated heterocycles. The van der Waals surface area contributed by atoms with Crippen molar-refractivity contribution in [1.82, 2.24) is 0 Å². The highest BCUT2D eigenvalue weighted by molar-refractivity contribution is 5.38. The van der Waals surface area contributed by atoms with E-state index in [1.54, 1.807) is 0 Å². The van der Waals surface area contributed by atoms with E-state index in [4.69, 9.17) is 0 Å². The minimum absolute atomic E-state index is 0.263. The van der Waals surface area contributed by atoms with Gasteiger partial charge in [0.15, 0.2) is 0 Å². The van der Waals surface area contributed by atoms with Gasteiger partial charge in [0.05, 0.1) is 18.3 Å². The zero-order valence-corrected chi connectivity index (χ0v) is 19.3. The Labute approximate surface area is 183 Å². The molecule has 3 N–H and O–H groups in total. The van der Waals surface area contributed by atoms with Gasteiger partial charge in [-0.1, -0.05) is 64.2 Å². The minimum Gasteiger partial charge on any atom is -0.393 e. The summed E-state index contributed by atoms with van der Waals surface area (Å²) in [5, 5.41) is 30.2. The van der Waals surface area contributed by atoms with Gasteiger partial charge >= 0.3 is 0 Å². The maximum atomic E-state index is 10.1. The lowest BCUT2D eigenvalue weighted by Gasteiger charge is -2.43. The van der Waals surface area contributed by atoms with Crippen LogP contribution in [-0.2, 0) is 0 Å². The molecular formula is C27H42O3. The molecule has 0 heterocycles. The van der Waals surface area contributed by atoms with Crippen LogP contribution in [0.4, 0.5) is 0 Å². The number of aliphatic hydroxyl groups is 3. The van der Waals surface area contributed by atoms with E-state index in [1.165, 1.54) is 24.8 Å². The first-order chi connectivity index (χ1) is 14.1. The summed E-state index contributed by atoms with van der Waals surface area (Å²) < 4.78 is 0. The first-order valence-electron chi connectivity index (χ1n) is 11.9. The molecule has 0 spiro atoms. The Morgan fingerprint density at radius 2 is 1.80 bits per heavy atom. The van der Waals surface area contributed by atoms with Crippen LogP contribution in [0.15, 0.2) is 47.6 Å². The van der Waals surface area contributed by atoms with Crippen molar-refractivity contribution in [2.45, 2.75) is 91.0 Å². The van der Waals surface area contributed by atoms with Gasteiger partial charge in [-0.3, -0.25) is 0 Å². The quantitative estimate of drug-likeness (QED) is 0.532. The highest BCUT2D eigenvalue weighted by Crippen LogP contribution is 2.58. The highest BCUT2D eigenvalue weighted by atomic mass is 16.3. The number of hydrogen-bond donors (Lipinski definition) is 3. The van der Waals surface area contributed by atoms with Crippen LogP contribution in [0.5, 0.6) is 0 Å². The molecule has 0 amide bonds. The average molecular weight is 415 g/mol.